The van der Waals surface area contributed by atoms with E-state index in [1.807, 2.05) is 12.1 Å². The summed E-state index contributed by atoms with van der Waals surface area (Å²) in [7, 11) is 0. The van der Waals surface area contributed by atoms with Gasteiger partial charge in [0, 0.05) is 19.6 Å². The lowest BCUT2D eigenvalue weighted by molar-refractivity contribution is -0.138. The van der Waals surface area contributed by atoms with Gasteiger partial charge >= 0.3 is 6.03 Å². The summed E-state index contributed by atoms with van der Waals surface area (Å²) in [6.07, 6.45) is 2.02. The summed E-state index contributed by atoms with van der Waals surface area (Å²) in [5.74, 6) is -0.395. The molecule has 128 valence electrons. The predicted molar refractivity (Wildman–Crippen MR) is 86.9 cm³/mol. The smallest absolute Gasteiger partial charge is 0.328 e. The Morgan fingerprint density at radius 3 is 2.44 bits per heavy atom. The number of fused-ring (bicyclic) bond motifs is 1. The highest BCUT2D eigenvalue weighted by atomic mass is 16.2. The Hall–Kier alpha value is -2.88. The number of hydrogen-bond donors (Lipinski definition) is 0. The van der Waals surface area contributed by atoms with Gasteiger partial charge in [0.15, 0.2) is 0 Å². The molecule has 0 bridgehead atoms. The van der Waals surface area contributed by atoms with Gasteiger partial charge in [-0.2, -0.15) is 5.26 Å². The molecule has 0 radical (unpaired) electrons. The highest BCUT2D eigenvalue weighted by Crippen LogP contribution is 2.31. The molecule has 0 spiro atoms. The summed E-state index contributed by atoms with van der Waals surface area (Å²) in [6, 6.07) is 7.78. The molecule has 3 fully saturated rings. The molecule has 0 aliphatic carbocycles. The van der Waals surface area contributed by atoms with E-state index in [2.05, 4.69) is 6.07 Å². The van der Waals surface area contributed by atoms with Crippen molar-refractivity contribution < 1.29 is 14.4 Å². The molecule has 2 atom stereocenters. The Labute approximate surface area is 145 Å². The van der Waals surface area contributed by atoms with Crippen LogP contribution in [0.1, 0.15) is 30.4 Å². The largest absolute Gasteiger partial charge is 0.336 e. The van der Waals surface area contributed by atoms with Gasteiger partial charge < -0.3 is 9.80 Å². The highest BCUT2D eigenvalue weighted by molar-refractivity contribution is 6.08. The molecule has 1 aromatic rings. The minimum absolute atomic E-state index is 0.174. The van der Waals surface area contributed by atoms with Gasteiger partial charge in [-0.25, -0.2) is 9.69 Å². The third kappa shape index (κ3) is 2.45. The first-order chi connectivity index (χ1) is 12.1. The molecule has 4 amide bonds. The molecule has 0 aromatic heterocycles. The van der Waals surface area contributed by atoms with Crippen molar-refractivity contribution in [3.63, 3.8) is 0 Å². The van der Waals surface area contributed by atoms with Crippen LogP contribution in [0.5, 0.6) is 0 Å². The molecule has 3 saturated heterocycles. The SMILES string of the molecule is N#Cc1ccc(CN2CCC(N3C(=O)[C@@H]4CCCN4C3=O)C2=O)cc1. The summed E-state index contributed by atoms with van der Waals surface area (Å²) in [5, 5.41) is 8.84. The lowest BCUT2D eigenvalue weighted by atomic mass is 10.1. The standard InChI is InChI=1S/C18H18N4O3/c19-10-12-3-5-13(6-4-12)11-20-9-7-15(16(20)23)22-17(24)14-2-1-8-21(14)18(22)25/h3-6,14-15H,1-2,7-9,11H2/t14-,15?/m0/s1. The van der Waals surface area contributed by atoms with Crippen molar-refractivity contribution in [2.45, 2.75) is 37.9 Å². The molecule has 7 nitrogen and oxygen atoms in total. The van der Waals surface area contributed by atoms with Crippen LogP contribution in [0.2, 0.25) is 0 Å². The summed E-state index contributed by atoms with van der Waals surface area (Å²) in [5.41, 5.74) is 1.50. The van der Waals surface area contributed by atoms with Crippen molar-refractivity contribution in [1.82, 2.24) is 14.7 Å². The quantitative estimate of drug-likeness (QED) is 0.772. The number of benzene rings is 1. The fourth-order valence-electron chi connectivity index (χ4n) is 3.96. The van der Waals surface area contributed by atoms with Gasteiger partial charge in [-0.3, -0.25) is 9.59 Å². The zero-order valence-electron chi connectivity index (χ0n) is 13.7. The number of carbonyl (C=O) groups is 3. The van der Waals surface area contributed by atoms with Gasteiger partial charge in [0.25, 0.3) is 5.91 Å². The molecule has 3 aliphatic rings. The van der Waals surface area contributed by atoms with Crippen molar-refractivity contribution in [3.8, 4) is 6.07 Å². The van der Waals surface area contributed by atoms with Crippen LogP contribution in [0.25, 0.3) is 0 Å². The first-order valence-electron chi connectivity index (χ1n) is 8.51. The molecule has 7 heteroatoms. The normalized spacial score (nSPS) is 25.7. The van der Waals surface area contributed by atoms with E-state index in [1.165, 1.54) is 4.90 Å². The monoisotopic (exact) mass is 338 g/mol. The first-order valence-corrected chi connectivity index (χ1v) is 8.51. The number of likely N-dealkylation sites (tertiary alicyclic amines) is 1. The number of imide groups is 1. The summed E-state index contributed by atoms with van der Waals surface area (Å²) in [4.78, 5) is 42.2. The van der Waals surface area contributed by atoms with Gasteiger partial charge in [-0.05, 0) is 37.0 Å². The van der Waals surface area contributed by atoms with Crippen LogP contribution in [-0.2, 0) is 16.1 Å². The topological polar surface area (TPSA) is 84.7 Å². The minimum atomic E-state index is -0.677. The van der Waals surface area contributed by atoms with Crippen LogP contribution in [0.4, 0.5) is 4.79 Å². The number of nitriles is 1. The Kier molecular flexibility index (Phi) is 3.68. The lowest BCUT2D eigenvalue weighted by Crippen LogP contribution is -2.46. The van der Waals surface area contributed by atoms with Crippen molar-refractivity contribution >= 4 is 17.8 Å². The maximum absolute atomic E-state index is 12.7. The van der Waals surface area contributed by atoms with E-state index in [9.17, 15) is 14.4 Å². The zero-order chi connectivity index (χ0) is 17.6. The van der Waals surface area contributed by atoms with Crippen LogP contribution in [0.15, 0.2) is 24.3 Å². The maximum Gasteiger partial charge on any atom is 0.328 e. The number of carbonyl (C=O) groups excluding carboxylic acids is 3. The van der Waals surface area contributed by atoms with E-state index in [1.54, 1.807) is 21.9 Å². The van der Waals surface area contributed by atoms with Crippen LogP contribution in [-0.4, -0.2) is 57.7 Å². The number of urea groups is 1. The Morgan fingerprint density at radius 2 is 1.76 bits per heavy atom. The molecule has 0 saturated carbocycles. The Morgan fingerprint density at radius 1 is 1.00 bits per heavy atom. The van der Waals surface area contributed by atoms with Crippen molar-refractivity contribution in [2.75, 3.05) is 13.1 Å². The van der Waals surface area contributed by atoms with Crippen LogP contribution in [0.3, 0.4) is 0 Å². The number of amides is 4. The lowest BCUT2D eigenvalue weighted by Gasteiger charge is -2.22. The highest BCUT2D eigenvalue weighted by Gasteiger charge is 2.53. The summed E-state index contributed by atoms with van der Waals surface area (Å²) >= 11 is 0. The molecule has 0 N–H and O–H groups in total. The minimum Gasteiger partial charge on any atom is -0.336 e. The number of rotatable bonds is 3. The molecule has 3 heterocycles. The third-order valence-corrected chi connectivity index (χ3v) is 5.26. The molecule has 25 heavy (non-hydrogen) atoms. The van der Waals surface area contributed by atoms with Gasteiger partial charge in [-0.1, -0.05) is 12.1 Å². The van der Waals surface area contributed by atoms with E-state index in [4.69, 9.17) is 5.26 Å². The second kappa shape index (κ2) is 5.88. The van der Waals surface area contributed by atoms with E-state index in [0.717, 1.165) is 12.0 Å². The average Bonchev–Trinajstić information content (AvgIpc) is 3.29. The Bertz CT molecular complexity index is 761. The fraction of sp³-hybridized carbons (Fsp3) is 0.444. The fourth-order valence-corrected chi connectivity index (χ4v) is 3.96. The maximum atomic E-state index is 12.7. The summed E-state index contributed by atoms with van der Waals surface area (Å²) in [6.45, 7) is 1.54. The molecule has 3 aliphatic heterocycles. The van der Waals surface area contributed by atoms with Gasteiger partial charge in [0.2, 0.25) is 5.91 Å². The van der Waals surface area contributed by atoms with Crippen LogP contribution < -0.4 is 0 Å². The van der Waals surface area contributed by atoms with Gasteiger partial charge in [-0.15, -0.1) is 0 Å². The van der Waals surface area contributed by atoms with Gasteiger partial charge in [0.1, 0.15) is 12.1 Å². The van der Waals surface area contributed by atoms with E-state index in [0.29, 0.717) is 38.0 Å². The Balaban J connectivity index is 1.47. The van der Waals surface area contributed by atoms with Crippen molar-refractivity contribution in [1.29, 1.82) is 5.26 Å². The van der Waals surface area contributed by atoms with E-state index >= 15 is 0 Å². The van der Waals surface area contributed by atoms with Crippen LogP contribution >= 0.6 is 0 Å². The molecule has 1 aromatic carbocycles. The first kappa shape index (κ1) is 15.6. The summed E-state index contributed by atoms with van der Waals surface area (Å²) < 4.78 is 0. The van der Waals surface area contributed by atoms with Gasteiger partial charge in [0.05, 0.1) is 11.6 Å². The number of hydrogen-bond acceptors (Lipinski definition) is 4. The molecular weight excluding hydrogens is 320 g/mol. The second-order valence-corrected chi connectivity index (χ2v) is 6.72. The van der Waals surface area contributed by atoms with E-state index < -0.39 is 6.04 Å². The zero-order valence-corrected chi connectivity index (χ0v) is 13.7. The van der Waals surface area contributed by atoms with Crippen molar-refractivity contribution in [3.05, 3.63) is 35.4 Å². The molecular formula is C18H18N4O3. The average molecular weight is 338 g/mol. The van der Waals surface area contributed by atoms with E-state index in [-0.39, 0.29) is 23.9 Å². The molecule has 4 rings (SSSR count). The molecule has 1 unspecified atom stereocenters. The third-order valence-electron chi connectivity index (χ3n) is 5.26. The predicted octanol–water partition coefficient (Wildman–Crippen LogP) is 1.09. The van der Waals surface area contributed by atoms with Crippen LogP contribution in [0, 0.1) is 11.3 Å². The number of nitrogens with zero attached hydrogens (tertiary/aromatic N) is 4. The van der Waals surface area contributed by atoms with Crippen molar-refractivity contribution in [2.24, 2.45) is 0 Å². The second-order valence-electron chi connectivity index (χ2n) is 6.72.